The number of H-pyrrole nitrogens is 2. The number of hydrogen-bond donors (Lipinski definition) is 3. The van der Waals surface area contributed by atoms with Crippen LogP contribution < -0.4 is 16.6 Å². The lowest BCUT2D eigenvalue weighted by Gasteiger charge is -2.38. The molecule has 1 unspecified atom stereocenters. The minimum absolute atomic E-state index is 0.0310. The van der Waals surface area contributed by atoms with Gasteiger partial charge in [0.25, 0.3) is 5.56 Å². The molecular formula is C19H17Cl2N3O3. The molecule has 2 aromatic rings. The topological polar surface area (TPSA) is 94.8 Å². The van der Waals surface area contributed by atoms with Crippen LogP contribution in [0.5, 0.6) is 0 Å². The lowest BCUT2D eigenvalue weighted by atomic mass is 9.69. The van der Waals surface area contributed by atoms with Gasteiger partial charge in [0.15, 0.2) is 5.78 Å². The van der Waals surface area contributed by atoms with E-state index in [4.69, 9.17) is 23.2 Å². The highest BCUT2D eigenvalue weighted by atomic mass is 35.5. The van der Waals surface area contributed by atoms with Gasteiger partial charge in [-0.25, -0.2) is 4.79 Å². The van der Waals surface area contributed by atoms with E-state index in [0.717, 1.165) is 0 Å². The van der Waals surface area contributed by atoms with Gasteiger partial charge in [0.1, 0.15) is 5.69 Å². The van der Waals surface area contributed by atoms with Crippen molar-refractivity contribution in [1.29, 1.82) is 0 Å². The zero-order valence-corrected chi connectivity index (χ0v) is 16.2. The van der Waals surface area contributed by atoms with Crippen molar-refractivity contribution >= 4 is 34.7 Å². The van der Waals surface area contributed by atoms with E-state index in [9.17, 15) is 14.4 Å². The smallest absolute Gasteiger partial charge is 0.326 e. The molecule has 27 heavy (non-hydrogen) atoms. The van der Waals surface area contributed by atoms with E-state index in [1.54, 1.807) is 18.2 Å². The molecule has 140 valence electrons. The summed E-state index contributed by atoms with van der Waals surface area (Å²) in [5.41, 5.74) is 1.00. The minimum Gasteiger partial charge on any atom is -0.353 e. The molecular weight excluding hydrogens is 389 g/mol. The molecule has 1 aliphatic heterocycles. The van der Waals surface area contributed by atoms with Crippen LogP contribution in [0.25, 0.3) is 0 Å². The molecule has 1 aromatic heterocycles. The number of Topliss-reactive ketones (excluding diaryl/α,β-unsaturated/α-hetero) is 1. The number of carbonyl (C=O) groups excluding carboxylic acids is 1. The Bertz CT molecular complexity index is 1130. The van der Waals surface area contributed by atoms with Crippen molar-refractivity contribution in [3.8, 4) is 0 Å². The third-order valence-electron chi connectivity index (χ3n) is 5.02. The van der Waals surface area contributed by atoms with Crippen LogP contribution in [-0.2, 0) is 4.79 Å². The quantitative estimate of drug-likeness (QED) is 0.675. The number of aromatic amines is 2. The average Bonchev–Trinajstić information content (AvgIpc) is 2.53. The van der Waals surface area contributed by atoms with E-state index in [0.29, 0.717) is 45.4 Å². The zero-order chi connectivity index (χ0) is 19.5. The molecule has 1 aromatic carbocycles. The van der Waals surface area contributed by atoms with Crippen LogP contribution in [0.4, 0.5) is 5.69 Å². The number of carbonyl (C=O) groups is 1. The second-order valence-electron chi connectivity index (χ2n) is 7.75. The van der Waals surface area contributed by atoms with Gasteiger partial charge < -0.3 is 10.3 Å². The standard InChI is InChI=1S/C19H17Cl2N3O3/c1-19(2)6-11-14(12(25)7-19)13(9-4-3-8(20)5-10(9)21)15-16(22-11)17(26)24-18(27)23-15/h3-5,13,22H,6-7H2,1-2H3,(H2,23,24,26,27). The molecule has 2 aliphatic rings. The van der Waals surface area contributed by atoms with Gasteiger partial charge >= 0.3 is 5.69 Å². The van der Waals surface area contributed by atoms with Gasteiger partial charge in [0, 0.05) is 27.7 Å². The molecule has 6 nitrogen and oxygen atoms in total. The fraction of sp³-hybridized carbons (Fsp3) is 0.316. The van der Waals surface area contributed by atoms with Crippen LogP contribution in [0.15, 0.2) is 39.1 Å². The average molecular weight is 406 g/mol. The molecule has 1 aliphatic carbocycles. The summed E-state index contributed by atoms with van der Waals surface area (Å²) < 4.78 is 0. The van der Waals surface area contributed by atoms with Crippen LogP contribution in [0.3, 0.4) is 0 Å². The van der Waals surface area contributed by atoms with Gasteiger partial charge in [0.2, 0.25) is 0 Å². The molecule has 0 saturated carbocycles. The normalized spacial score (nSPS) is 20.7. The van der Waals surface area contributed by atoms with E-state index in [-0.39, 0.29) is 16.9 Å². The third-order valence-corrected chi connectivity index (χ3v) is 5.58. The summed E-state index contributed by atoms with van der Waals surface area (Å²) in [4.78, 5) is 42.3. The molecule has 4 rings (SSSR count). The highest BCUT2D eigenvalue weighted by Gasteiger charge is 2.42. The zero-order valence-electron chi connectivity index (χ0n) is 14.7. The Morgan fingerprint density at radius 1 is 1.07 bits per heavy atom. The Labute approximate surface area is 164 Å². The fourth-order valence-electron chi connectivity index (χ4n) is 3.97. The lowest BCUT2D eigenvalue weighted by molar-refractivity contribution is -0.118. The summed E-state index contributed by atoms with van der Waals surface area (Å²) in [5.74, 6) is -0.670. The maximum Gasteiger partial charge on any atom is 0.326 e. The molecule has 3 N–H and O–H groups in total. The summed E-state index contributed by atoms with van der Waals surface area (Å²) >= 11 is 12.4. The number of hydrogen-bond acceptors (Lipinski definition) is 4. The molecule has 8 heteroatoms. The van der Waals surface area contributed by atoms with Gasteiger partial charge in [0.05, 0.1) is 11.6 Å². The number of anilines is 1. The second kappa shape index (κ2) is 6.11. The molecule has 1 atom stereocenters. The minimum atomic E-state index is -0.639. The number of benzene rings is 1. The van der Waals surface area contributed by atoms with Gasteiger partial charge in [-0.1, -0.05) is 43.1 Å². The van der Waals surface area contributed by atoms with Crippen molar-refractivity contribution < 1.29 is 4.79 Å². The molecule has 0 bridgehead atoms. The van der Waals surface area contributed by atoms with Crippen molar-refractivity contribution in [2.75, 3.05) is 5.32 Å². The molecule has 0 saturated heterocycles. The van der Waals surface area contributed by atoms with E-state index >= 15 is 0 Å². The van der Waals surface area contributed by atoms with Crippen LogP contribution in [0.1, 0.15) is 43.9 Å². The first-order valence-corrected chi connectivity index (χ1v) is 9.26. The van der Waals surface area contributed by atoms with Gasteiger partial charge in [-0.2, -0.15) is 0 Å². The van der Waals surface area contributed by atoms with Crippen molar-refractivity contribution in [3.05, 3.63) is 71.6 Å². The number of aromatic nitrogens is 2. The summed E-state index contributed by atoms with van der Waals surface area (Å²) in [7, 11) is 0. The van der Waals surface area contributed by atoms with Crippen LogP contribution in [0, 0.1) is 5.41 Å². The highest BCUT2D eigenvalue weighted by molar-refractivity contribution is 6.35. The number of rotatable bonds is 1. The van der Waals surface area contributed by atoms with Crippen molar-refractivity contribution in [2.24, 2.45) is 5.41 Å². The number of ketones is 1. The number of nitrogens with one attached hydrogen (secondary N) is 3. The highest BCUT2D eigenvalue weighted by Crippen LogP contribution is 2.48. The Hall–Kier alpha value is -2.31. The summed E-state index contributed by atoms with van der Waals surface area (Å²) in [6, 6.07) is 4.98. The van der Waals surface area contributed by atoms with Crippen LogP contribution in [-0.4, -0.2) is 15.8 Å². The fourth-order valence-corrected chi connectivity index (χ4v) is 4.49. The Morgan fingerprint density at radius 2 is 1.81 bits per heavy atom. The van der Waals surface area contributed by atoms with Crippen molar-refractivity contribution in [1.82, 2.24) is 9.97 Å². The Morgan fingerprint density at radius 3 is 2.52 bits per heavy atom. The van der Waals surface area contributed by atoms with E-state index < -0.39 is 17.2 Å². The molecule has 0 fully saturated rings. The van der Waals surface area contributed by atoms with E-state index in [1.165, 1.54) is 0 Å². The largest absolute Gasteiger partial charge is 0.353 e. The maximum absolute atomic E-state index is 13.0. The SMILES string of the molecule is CC1(C)CC(=O)C2=C(C1)Nc1c([nH]c(=O)[nH]c1=O)C2c1ccc(Cl)cc1Cl. The monoisotopic (exact) mass is 405 g/mol. The number of halogens is 2. The lowest BCUT2D eigenvalue weighted by Crippen LogP contribution is -2.38. The van der Waals surface area contributed by atoms with Crippen molar-refractivity contribution in [3.63, 3.8) is 0 Å². The predicted molar refractivity (Wildman–Crippen MR) is 105 cm³/mol. The Kier molecular flexibility index (Phi) is 4.09. The summed E-state index contributed by atoms with van der Waals surface area (Å²) in [6.07, 6.45) is 0.978. The predicted octanol–water partition coefficient (Wildman–Crippen LogP) is 3.57. The summed E-state index contributed by atoms with van der Waals surface area (Å²) in [6.45, 7) is 4.01. The Balaban J connectivity index is 2.03. The molecule has 0 radical (unpaired) electrons. The van der Waals surface area contributed by atoms with Crippen molar-refractivity contribution in [2.45, 2.75) is 32.6 Å². The maximum atomic E-state index is 13.0. The molecule has 2 heterocycles. The molecule has 0 spiro atoms. The first kappa shape index (κ1) is 18.1. The third kappa shape index (κ3) is 3.03. The summed E-state index contributed by atoms with van der Waals surface area (Å²) in [5, 5.41) is 3.91. The van der Waals surface area contributed by atoms with Gasteiger partial charge in [-0.15, -0.1) is 0 Å². The van der Waals surface area contributed by atoms with Crippen LogP contribution in [0.2, 0.25) is 10.0 Å². The van der Waals surface area contributed by atoms with Crippen LogP contribution >= 0.6 is 23.2 Å². The van der Waals surface area contributed by atoms with E-state index in [2.05, 4.69) is 15.3 Å². The van der Waals surface area contributed by atoms with E-state index in [1.807, 2.05) is 13.8 Å². The first-order valence-electron chi connectivity index (χ1n) is 8.51. The van der Waals surface area contributed by atoms with Gasteiger partial charge in [-0.05, 0) is 29.5 Å². The first-order chi connectivity index (χ1) is 12.7. The van der Waals surface area contributed by atoms with Gasteiger partial charge in [-0.3, -0.25) is 14.6 Å². The number of fused-ring (bicyclic) bond motifs is 1. The second-order valence-corrected chi connectivity index (χ2v) is 8.60. The molecule has 0 amide bonds. The number of allylic oxidation sites excluding steroid dienone is 2.